The van der Waals surface area contributed by atoms with E-state index in [9.17, 15) is 14.4 Å². The third-order valence-corrected chi connectivity index (χ3v) is 7.52. The molecule has 0 radical (unpaired) electrons. The van der Waals surface area contributed by atoms with Gasteiger partial charge in [0.05, 0.1) is 40.6 Å². The molecule has 0 fully saturated rings. The van der Waals surface area contributed by atoms with E-state index in [-0.39, 0.29) is 18.1 Å². The van der Waals surface area contributed by atoms with Gasteiger partial charge >= 0.3 is 11.9 Å². The maximum Gasteiger partial charge on any atom is 0.338 e. The van der Waals surface area contributed by atoms with Crippen LogP contribution in [0.1, 0.15) is 48.5 Å². The zero-order chi connectivity index (χ0) is 28.4. The number of hydrogen-bond donors (Lipinski definition) is 0. The van der Waals surface area contributed by atoms with Gasteiger partial charge in [-0.15, -0.1) is 0 Å². The molecule has 2 aromatic carbocycles. The van der Waals surface area contributed by atoms with Crippen molar-refractivity contribution < 1.29 is 23.5 Å². The minimum atomic E-state index is -0.722. The fraction of sp³-hybridized carbons (Fsp3) is 0.200. The van der Waals surface area contributed by atoms with Crippen molar-refractivity contribution in [2.45, 2.75) is 26.8 Å². The van der Waals surface area contributed by atoms with Crippen molar-refractivity contribution in [1.82, 2.24) is 4.57 Å². The molecule has 0 aliphatic carbocycles. The predicted molar refractivity (Wildman–Crippen MR) is 152 cm³/mol. The molecule has 1 atom stereocenters. The lowest BCUT2D eigenvalue weighted by molar-refractivity contribution is -0.139. The van der Waals surface area contributed by atoms with Crippen molar-refractivity contribution in [3.8, 4) is 11.3 Å². The first-order valence-electron chi connectivity index (χ1n) is 12.6. The Bertz CT molecular complexity index is 1800. The minimum Gasteiger partial charge on any atom is -0.463 e. The number of halogens is 1. The van der Waals surface area contributed by atoms with Crippen molar-refractivity contribution in [3.05, 3.63) is 114 Å². The molecule has 8 nitrogen and oxygen atoms in total. The number of rotatable bonds is 7. The molecule has 0 spiro atoms. The monoisotopic (exact) mass is 576 g/mol. The molecule has 0 N–H and O–H groups in total. The van der Waals surface area contributed by atoms with Crippen LogP contribution in [0.15, 0.2) is 86.1 Å². The first-order chi connectivity index (χ1) is 19.3. The van der Waals surface area contributed by atoms with Crippen LogP contribution in [-0.2, 0) is 14.3 Å². The summed E-state index contributed by atoms with van der Waals surface area (Å²) in [7, 11) is 0. The topological polar surface area (TPSA) is 100 Å². The highest BCUT2D eigenvalue weighted by Gasteiger charge is 2.33. The summed E-state index contributed by atoms with van der Waals surface area (Å²) in [4.78, 5) is 43.7. The van der Waals surface area contributed by atoms with E-state index in [1.807, 2.05) is 0 Å². The molecule has 0 bridgehead atoms. The lowest BCUT2D eigenvalue weighted by Gasteiger charge is -2.24. The molecular weight excluding hydrogens is 552 g/mol. The Labute approximate surface area is 238 Å². The molecule has 2 aromatic heterocycles. The lowest BCUT2D eigenvalue weighted by atomic mass is 9.96. The highest BCUT2D eigenvalue weighted by atomic mass is 35.5. The first kappa shape index (κ1) is 27.4. The number of carbonyl (C=O) groups is 2. The van der Waals surface area contributed by atoms with E-state index >= 15 is 0 Å². The average Bonchev–Trinajstić information content (AvgIpc) is 3.53. The average molecular weight is 577 g/mol. The normalized spacial score (nSPS) is 15.0. The molecule has 0 saturated heterocycles. The molecule has 204 valence electrons. The van der Waals surface area contributed by atoms with Crippen molar-refractivity contribution in [3.63, 3.8) is 0 Å². The molecule has 10 heteroatoms. The van der Waals surface area contributed by atoms with E-state index in [0.29, 0.717) is 54.9 Å². The Hall–Kier alpha value is -4.21. The summed E-state index contributed by atoms with van der Waals surface area (Å²) in [6.07, 6.45) is 1.66. The van der Waals surface area contributed by atoms with Gasteiger partial charge in [-0.2, -0.15) is 0 Å². The molecular formula is C30H25ClN2O6S. The number of esters is 2. The molecule has 1 aliphatic heterocycles. The summed E-state index contributed by atoms with van der Waals surface area (Å²) in [5, 5.41) is 0.540. The zero-order valence-corrected chi connectivity index (χ0v) is 23.5. The van der Waals surface area contributed by atoms with Gasteiger partial charge in [0, 0.05) is 16.7 Å². The van der Waals surface area contributed by atoms with E-state index in [1.54, 1.807) is 87.5 Å². The van der Waals surface area contributed by atoms with Crippen LogP contribution in [0.4, 0.5) is 0 Å². The number of ether oxygens (including phenoxy) is 2. The highest BCUT2D eigenvalue weighted by Crippen LogP contribution is 2.31. The van der Waals surface area contributed by atoms with Gasteiger partial charge in [0.15, 0.2) is 4.80 Å². The minimum absolute atomic E-state index is 0.194. The van der Waals surface area contributed by atoms with Crippen LogP contribution in [0.3, 0.4) is 0 Å². The summed E-state index contributed by atoms with van der Waals surface area (Å²) in [6.45, 7) is 5.72. The number of carbonyl (C=O) groups excluding carboxylic acids is 2. The number of nitrogens with zero attached hydrogens (tertiary/aromatic N) is 2. The quantitative estimate of drug-likeness (QED) is 0.291. The van der Waals surface area contributed by atoms with Crippen LogP contribution in [-0.4, -0.2) is 29.7 Å². The second-order valence-corrected chi connectivity index (χ2v) is 10.3. The Morgan fingerprint density at radius 2 is 1.68 bits per heavy atom. The third kappa shape index (κ3) is 5.30. The fourth-order valence-corrected chi connectivity index (χ4v) is 5.60. The van der Waals surface area contributed by atoms with Crippen molar-refractivity contribution >= 4 is 41.0 Å². The van der Waals surface area contributed by atoms with Crippen molar-refractivity contribution in [2.75, 3.05) is 13.2 Å². The van der Waals surface area contributed by atoms with Gasteiger partial charge in [0.2, 0.25) is 0 Å². The zero-order valence-electron chi connectivity index (χ0n) is 22.0. The molecule has 1 aliphatic rings. The molecule has 5 rings (SSSR count). The summed E-state index contributed by atoms with van der Waals surface area (Å²) in [5.74, 6) is 0.137. The van der Waals surface area contributed by atoms with Crippen LogP contribution >= 0.6 is 22.9 Å². The van der Waals surface area contributed by atoms with Gasteiger partial charge in [-0.3, -0.25) is 9.36 Å². The van der Waals surface area contributed by atoms with E-state index in [0.717, 1.165) is 5.56 Å². The molecule has 40 heavy (non-hydrogen) atoms. The smallest absolute Gasteiger partial charge is 0.338 e. The fourth-order valence-electron chi connectivity index (χ4n) is 4.45. The molecule has 3 heterocycles. The van der Waals surface area contributed by atoms with Gasteiger partial charge in [0.1, 0.15) is 11.5 Å². The Kier molecular flexibility index (Phi) is 7.86. The first-order valence-corrected chi connectivity index (χ1v) is 13.8. The van der Waals surface area contributed by atoms with Crippen LogP contribution < -0.4 is 14.9 Å². The Morgan fingerprint density at radius 3 is 2.35 bits per heavy atom. The highest BCUT2D eigenvalue weighted by molar-refractivity contribution is 7.07. The number of aromatic nitrogens is 1. The van der Waals surface area contributed by atoms with Gasteiger partial charge in [-0.25, -0.2) is 14.6 Å². The molecule has 4 aromatic rings. The Balaban J connectivity index is 1.54. The number of furan rings is 1. The van der Waals surface area contributed by atoms with Crippen LogP contribution in [0.2, 0.25) is 5.02 Å². The van der Waals surface area contributed by atoms with E-state index < -0.39 is 12.0 Å². The number of benzene rings is 2. The van der Waals surface area contributed by atoms with E-state index in [1.165, 1.54) is 15.9 Å². The maximum atomic E-state index is 13.7. The molecule has 0 saturated carbocycles. The van der Waals surface area contributed by atoms with Crippen molar-refractivity contribution in [1.29, 1.82) is 0 Å². The SMILES string of the molecule is CCOC(=O)C1=C(C)N=c2s/c(=C/c3ccc(-c4ccc(C(=O)OCC)cc4)o3)c(=O)n2[C@H]1c1ccc(Cl)cc1. The van der Waals surface area contributed by atoms with Crippen molar-refractivity contribution in [2.24, 2.45) is 4.99 Å². The van der Waals surface area contributed by atoms with Crippen LogP contribution in [0.5, 0.6) is 0 Å². The van der Waals surface area contributed by atoms with Gasteiger partial charge < -0.3 is 13.9 Å². The Morgan fingerprint density at radius 1 is 1.00 bits per heavy atom. The molecule has 0 amide bonds. The van der Waals surface area contributed by atoms with Crippen LogP contribution in [0.25, 0.3) is 17.4 Å². The number of thiazole rings is 1. The predicted octanol–water partition coefficient (Wildman–Crippen LogP) is 4.89. The van der Waals surface area contributed by atoms with Crippen LogP contribution in [0, 0.1) is 0 Å². The van der Waals surface area contributed by atoms with Gasteiger partial charge in [-0.05, 0) is 62.7 Å². The van der Waals surface area contributed by atoms with Gasteiger partial charge in [0.25, 0.3) is 5.56 Å². The summed E-state index contributed by atoms with van der Waals surface area (Å²) < 4.78 is 18.3. The number of hydrogen-bond acceptors (Lipinski definition) is 8. The maximum absolute atomic E-state index is 13.7. The summed E-state index contributed by atoms with van der Waals surface area (Å²) >= 11 is 7.32. The van der Waals surface area contributed by atoms with E-state index in [4.69, 9.17) is 25.5 Å². The molecule has 0 unspecified atom stereocenters. The second kappa shape index (κ2) is 11.5. The number of allylic oxidation sites excluding steroid dienone is 1. The number of fused-ring (bicyclic) bond motifs is 1. The van der Waals surface area contributed by atoms with Gasteiger partial charge in [-0.1, -0.05) is 47.2 Å². The summed E-state index contributed by atoms with van der Waals surface area (Å²) in [5.41, 5.74) is 2.40. The van der Waals surface area contributed by atoms with E-state index in [2.05, 4.69) is 4.99 Å². The standard InChI is InChI=1S/C30H25ClN2O6S/c1-4-37-28(35)20-8-6-18(7-9-20)23-15-14-22(39-23)16-24-27(34)33-26(19-10-12-21(31)13-11-19)25(29(36)38-5-2)17(3)32-30(33)40-24/h6-16,26H,4-5H2,1-3H3/b24-16+/t26-/m0/s1. The summed E-state index contributed by atoms with van der Waals surface area (Å²) in [6, 6.07) is 16.7. The third-order valence-electron chi connectivity index (χ3n) is 6.28. The second-order valence-electron chi connectivity index (χ2n) is 8.85. The lowest BCUT2D eigenvalue weighted by Crippen LogP contribution is -2.39. The largest absolute Gasteiger partial charge is 0.463 e.